The van der Waals surface area contributed by atoms with Crippen LogP contribution in [0.2, 0.25) is 0 Å². The Morgan fingerprint density at radius 1 is 1.83 bits per heavy atom. The predicted molar refractivity (Wildman–Crippen MR) is 24.5 cm³/mol. The molecule has 36 valence electrons. The van der Waals surface area contributed by atoms with Gasteiger partial charge >= 0.3 is 0 Å². The van der Waals surface area contributed by atoms with Crippen molar-refractivity contribution in [1.82, 2.24) is 0 Å². The molecule has 0 bridgehead atoms. The molecule has 0 saturated carbocycles. The molecule has 0 saturated heterocycles. The highest BCUT2D eigenvalue weighted by Crippen LogP contribution is 1.66. The minimum absolute atomic E-state index is 0. The van der Waals surface area contributed by atoms with Crippen LogP contribution in [0, 0.1) is 11.3 Å². The Hall–Kier alpha value is -0.260. The quantitative estimate of drug-likeness (QED) is 0.453. The normalized spacial score (nSPS) is 10.8. The van der Waals surface area contributed by atoms with E-state index in [1.807, 2.05) is 0 Å². The number of nitriles is 1. The second kappa shape index (κ2) is 4.74. The molecule has 1 N–H and O–H groups in total. The SMILES string of the molecule is CC(O)C#N.Cl. The summed E-state index contributed by atoms with van der Waals surface area (Å²) in [6, 6.07) is 1.58. The lowest BCUT2D eigenvalue weighted by atomic mass is 10.5. The highest BCUT2D eigenvalue weighted by Gasteiger charge is 1.80. The fraction of sp³-hybridized carbons (Fsp3) is 0.667. The topological polar surface area (TPSA) is 44.0 Å². The van der Waals surface area contributed by atoms with Gasteiger partial charge in [-0.25, -0.2) is 0 Å². The number of aliphatic hydroxyl groups excluding tert-OH is 1. The predicted octanol–water partition coefficient (Wildman–Crippen LogP) is 0.313. The monoisotopic (exact) mass is 107 g/mol. The highest BCUT2D eigenvalue weighted by atomic mass is 35.5. The average Bonchev–Trinajstić information content (AvgIpc) is 1.38. The first kappa shape index (κ1) is 9.22. The largest absolute Gasteiger partial charge is 0.378 e. The summed E-state index contributed by atoms with van der Waals surface area (Å²) in [7, 11) is 0. The third-order valence-electron chi connectivity index (χ3n) is 0.187. The van der Waals surface area contributed by atoms with Crippen LogP contribution >= 0.6 is 12.4 Å². The number of aliphatic hydroxyl groups is 1. The molecule has 0 rings (SSSR count). The second-order valence-electron chi connectivity index (χ2n) is 0.805. The summed E-state index contributed by atoms with van der Waals surface area (Å²) in [4.78, 5) is 0. The lowest BCUT2D eigenvalue weighted by Crippen LogP contribution is -1.90. The van der Waals surface area contributed by atoms with Crippen LogP contribution in [0.4, 0.5) is 0 Å². The van der Waals surface area contributed by atoms with Crippen molar-refractivity contribution in [2.24, 2.45) is 0 Å². The van der Waals surface area contributed by atoms with Gasteiger partial charge in [0.05, 0.1) is 6.07 Å². The van der Waals surface area contributed by atoms with Gasteiger partial charge in [0.2, 0.25) is 0 Å². The fourth-order valence-electron chi connectivity index (χ4n) is 0. The van der Waals surface area contributed by atoms with E-state index in [-0.39, 0.29) is 12.4 Å². The van der Waals surface area contributed by atoms with Gasteiger partial charge in [-0.1, -0.05) is 0 Å². The lowest BCUT2D eigenvalue weighted by Gasteiger charge is -1.76. The van der Waals surface area contributed by atoms with Gasteiger partial charge < -0.3 is 5.11 Å². The zero-order valence-electron chi connectivity index (χ0n) is 3.38. The van der Waals surface area contributed by atoms with Crippen molar-refractivity contribution < 1.29 is 5.11 Å². The number of halogens is 1. The average molecular weight is 108 g/mol. The summed E-state index contributed by atoms with van der Waals surface area (Å²) < 4.78 is 0. The Labute approximate surface area is 42.8 Å². The maximum absolute atomic E-state index is 8.00. The Morgan fingerprint density at radius 3 is 2.00 bits per heavy atom. The zero-order chi connectivity index (χ0) is 4.28. The summed E-state index contributed by atoms with van der Waals surface area (Å²) in [5.74, 6) is 0. The van der Waals surface area contributed by atoms with Crippen molar-refractivity contribution >= 4 is 12.4 Å². The van der Waals surface area contributed by atoms with E-state index >= 15 is 0 Å². The summed E-state index contributed by atoms with van der Waals surface area (Å²) in [6.45, 7) is 1.42. The zero-order valence-corrected chi connectivity index (χ0v) is 4.20. The van der Waals surface area contributed by atoms with E-state index in [0.717, 1.165) is 0 Å². The second-order valence-corrected chi connectivity index (χ2v) is 0.805. The molecule has 2 nitrogen and oxygen atoms in total. The first-order chi connectivity index (χ1) is 2.27. The standard InChI is InChI=1S/C3H5NO.ClH/c1-3(5)2-4;/h3,5H,1H3;1H. The van der Waals surface area contributed by atoms with E-state index in [1.54, 1.807) is 6.07 Å². The van der Waals surface area contributed by atoms with Gasteiger partial charge in [0.25, 0.3) is 0 Å². The molecule has 0 radical (unpaired) electrons. The molecule has 0 aliphatic rings. The minimum atomic E-state index is -0.810. The van der Waals surface area contributed by atoms with Crippen LogP contribution in [-0.4, -0.2) is 11.2 Å². The van der Waals surface area contributed by atoms with Crippen molar-refractivity contribution in [3.05, 3.63) is 0 Å². The van der Waals surface area contributed by atoms with Gasteiger partial charge in [0.15, 0.2) is 0 Å². The van der Waals surface area contributed by atoms with Crippen molar-refractivity contribution in [1.29, 1.82) is 5.26 Å². The van der Waals surface area contributed by atoms with Gasteiger partial charge in [-0.3, -0.25) is 0 Å². The molecule has 1 atom stereocenters. The van der Waals surface area contributed by atoms with Crippen LogP contribution < -0.4 is 0 Å². The number of hydrogen-bond acceptors (Lipinski definition) is 2. The van der Waals surface area contributed by atoms with Gasteiger partial charge in [-0.05, 0) is 6.92 Å². The maximum atomic E-state index is 8.00. The highest BCUT2D eigenvalue weighted by molar-refractivity contribution is 5.85. The summed E-state index contributed by atoms with van der Waals surface area (Å²) in [5, 5.41) is 15.6. The number of hydrogen-bond donors (Lipinski definition) is 1. The molecule has 1 unspecified atom stereocenters. The van der Waals surface area contributed by atoms with Crippen LogP contribution in [0.1, 0.15) is 6.92 Å². The summed E-state index contributed by atoms with van der Waals surface area (Å²) in [5.41, 5.74) is 0. The first-order valence-corrected chi connectivity index (χ1v) is 1.35. The molecular weight excluding hydrogens is 101 g/mol. The lowest BCUT2D eigenvalue weighted by molar-refractivity contribution is 0.251. The van der Waals surface area contributed by atoms with E-state index in [0.29, 0.717) is 0 Å². The van der Waals surface area contributed by atoms with E-state index in [1.165, 1.54) is 6.92 Å². The number of nitrogens with zero attached hydrogens (tertiary/aromatic N) is 1. The van der Waals surface area contributed by atoms with Crippen LogP contribution in [0.25, 0.3) is 0 Å². The molecule has 0 aliphatic heterocycles. The first-order valence-electron chi connectivity index (χ1n) is 1.35. The van der Waals surface area contributed by atoms with Crippen molar-refractivity contribution in [3.8, 4) is 6.07 Å². The Morgan fingerprint density at radius 2 is 2.00 bits per heavy atom. The van der Waals surface area contributed by atoms with Crippen LogP contribution in [-0.2, 0) is 0 Å². The van der Waals surface area contributed by atoms with E-state index in [2.05, 4.69) is 0 Å². The molecule has 0 aromatic carbocycles. The third kappa shape index (κ3) is 9.27. The van der Waals surface area contributed by atoms with Gasteiger partial charge in [0, 0.05) is 0 Å². The van der Waals surface area contributed by atoms with Crippen LogP contribution in [0.15, 0.2) is 0 Å². The van der Waals surface area contributed by atoms with Crippen LogP contribution in [0.3, 0.4) is 0 Å². The smallest absolute Gasteiger partial charge is 0.137 e. The van der Waals surface area contributed by atoms with E-state index < -0.39 is 6.10 Å². The van der Waals surface area contributed by atoms with Crippen molar-refractivity contribution in [2.45, 2.75) is 13.0 Å². The number of rotatable bonds is 0. The minimum Gasteiger partial charge on any atom is -0.378 e. The van der Waals surface area contributed by atoms with Gasteiger partial charge in [0.1, 0.15) is 6.10 Å². The Balaban J connectivity index is 0. The van der Waals surface area contributed by atoms with E-state index in [9.17, 15) is 0 Å². The molecule has 0 heterocycles. The summed E-state index contributed by atoms with van der Waals surface area (Å²) in [6.07, 6.45) is -0.810. The molecule has 0 aromatic rings. The molecule has 0 aromatic heterocycles. The van der Waals surface area contributed by atoms with Gasteiger partial charge in [-0.2, -0.15) is 5.26 Å². The molecule has 3 heteroatoms. The molecule has 6 heavy (non-hydrogen) atoms. The maximum Gasteiger partial charge on any atom is 0.137 e. The van der Waals surface area contributed by atoms with E-state index in [4.69, 9.17) is 10.4 Å². The van der Waals surface area contributed by atoms with Crippen LogP contribution in [0.5, 0.6) is 0 Å². The molecule has 0 amide bonds. The Bertz CT molecular complexity index is 56.3. The van der Waals surface area contributed by atoms with Crippen molar-refractivity contribution in [2.75, 3.05) is 0 Å². The fourth-order valence-corrected chi connectivity index (χ4v) is 0. The summed E-state index contributed by atoms with van der Waals surface area (Å²) >= 11 is 0. The Kier molecular flexibility index (Phi) is 7.28. The van der Waals surface area contributed by atoms with Crippen molar-refractivity contribution in [3.63, 3.8) is 0 Å². The van der Waals surface area contributed by atoms with Gasteiger partial charge in [-0.15, -0.1) is 12.4 Å². The molecule has 0 aliphatic carbocycles. The molecule has 0 spiro atoms. The molecule has 0 fully saturated rings. The third-order valence-corrected chi connectivity index (χ3v) is 0.187. The molecular formula is C3H6ClNO.